The van der Waals surface area contributed by atoms with Crippen molar-refractivity contribution in [3.05, 3.63) is 46.5 Å². The fraction of sp³-hybridized carbons (Fsp3) is 0.452. The summed E-state index contributed by atoms with van der Waals surface area (Å²) in [7, 11) is 8.24. The fourth-order valence-electron chi connectivity index (χ4n) is 7.23. The van der Waals surface area contributed by atoms with Crippen LogP contribution in [-0.2, 0) is 27.3 Å². The van der Waals surface area contributed by atoms with Crippen LogP contribution < -0.4 is 20.7 Å². The number of aliphatic hydroxyl groups excluding tert-OH is 2. The maximum atomic E-state index is 14.1. The number of ether oxygens (including phenoxy) is 1. The van der Waals surface area contributed by atoms with Crippen molar-refractivity contribution in [1.82, 2.24) is 4.90 Å². The number of nitrogens with one attached hydrogen (secondary N) is 1. The molecule has 2 aromatic rings. The SMILES string of the molecule is COc1ccc(CNc2cc(N(C)C)c3c(c2O)C(O)=C2C(=O)[C@@]4(O)C(=O)C(C(N)=O)C(O)[C@H](N(C)C)[C@H]4C[C@H]2C3)cc1O. The van der Waals surface area contributed by atoms with Gasteiger partial charge in [0.25, 0.3) is 0 Å². The van der Waals surface area contributed by atoms with Gasteiger partial charge in [-0.1, -0.05) is 6.07 Å². The number of fused-ring (bicyclic) bond motifs is 3. The number of ketones is 2. The minimum atomic E-state index is -2.72. The number of nitrogens with two attached hydrogens (primary N) is 1. The Bertz CT molecular complexity index is 1590. The predicted molar refractivity (Wildman–Crippen MR) is 160 cm³/mol. The number of carbonyl (C=O) groups excluding carboxylic acids is 3. The molecule has 2 saturated carbocycles. The normalized spacial score (nSPS) is 27.9. The second-order valence-corrected chi connectivity index (χ2v) is 12.2. The second-order valence-electron chi connectivity index (χ2n) is 12.2. The van der Waals surface area contributed by atoms with Gasteiger partial charge < -0.3 is 51.1 Å². The Hall–Kier alpha value is -4.33. The number of benzene rings is 2. The minimum Gasteiger partial charge on any atom is -0.507 e. The number of likely N-dealkylation sites (N-methyl/N-ethyl adjacent to an activating group) is 1. The number of aliphatic hydroxyl groups is 3. The molecule has 0 bridgehead atoms. The van der Waals surface area contributed by atoms with E-state index in [9.17, 15) is 39.9 Å². The highest BCUT2D eigenvalue weighted by Gasteiger charge is 2.67. The molecule has 44 heavy (non-hydrogen) atoms. The zero-order valence-corrected chi connectivity index (χ0v) is 25.2. The summed E-state index contributed by atoms with van der Waals surface area (Å²) in [5.41, 5.74) is 4.59. The molecule has 6 atom stereocenters. The number of phenolic OH excluding ortho intramolecular Hbond substituents is 2. The van der Waals surface area contributed by atoms with Crippen molar-refractivity contribution in [2.24, 2.45) is 23.5 Å². The van der Waals surface area contributed by atoms with Gasteiger partial charge in [-0.25, -0.2) is 0 Å². The molecule has 13 heteroatoms. The fourth-order valence-corrected chi connectivity index (χ4v) is 7.23. The smallest absolute Gasteiger partial charge is 0.230 e. The van der Waals surface area contributed by atoms with Gasteiger partial charge in [-0.3, -0.25) is 14.4 Å². The van der Waals surface area contributed by atoms with E-state index in [-0.39, 0.29) is 47.7 Å². The first-order valence-corrected chi connectivity index (χ1v) is 14.2. The number of methoxy groups -OCH3 is 1. The van der Waals surface area contributed by atoms with Crippen LogP contribution in [-0.4, -0.2) is 101 Å². The largest absolute Gasteiger partial charge is 0.507 e. The summed E-state index contributed by atoms with van der Waals surface area (Å²) in [6.45, 7) is 0.175. The van der Waals surface area contributed by atoms with Crippen molar-refractivity contribution in [1.29, 1.82) is 0 Å². The van der Waals surface area contributed by atoms with E-state index < -0.39 is 58.7 Å². The quantitative estimate of drug-likeness (QED) is 0.169. The summed E-state index contributed by atoms with van der Waals surface area (Å²) in [4.78, 5) is 43.3. The second kappa shape index (κ2) is 11.0. The van der Waals surface area contributed by atoms with Crippen molar-refractivity contribution in [2.75, 3.05) is 45.5 Å². The van der Waals surface area contributed by atoms with Gasteiger partial charge in [-0.2, -0.15) is 0 Å². The van der Waals surface area contributed by atoms with E-state index in [1.807, 2.05) is 0 Å². The summed E-state index contributed by atoms with van der Waals surface area (Å²) in [5.74, 6) is -7.70. The van der Waals surface area contributed by atoms with Gasteiger partial charge in [0.15, 0.2) is 22.9 Å². The zero-order chi connectivity index (χ0) is 32.4. The molecule has 3 aliphatic carbocycles. The molecule has 1 amide bonds. The van der Waals surface area contributed by atoms with Crippen molar-refractivity contribution in [3.63, 3.8) is 0 Å². The zero-order valence-electron chi connectivity index (χ0n) is 25.2. The lowest BCUT2D eigenvalue weighted by Crippen LogP contribution is -2.73. The van der Waals surface area contributed by atoms with Gasteiger partial charge >= 0.3 is 0 Å². The lowest BCUT2D eigenvalue weighted by Gasteiger charge is -2.53. The van der Waals surface area contributed by atoms with E-state index in [1.165, 1.54) is 13.2 Å². The molecule has 3 aliphatic rings. The average Bonchev–Trinajstić information content (AvgIpc) is 2.94. The van der Waals surface area contributed by atoms with E-state index in [1.54, 1.807) is 56.2 Å². The summed E-state index contributed by atoms with van der Waals surface area (Å²) >= 11 is 0. The third kappa shape index (κ3) is 4.54. The number of rotatable bonds is 7. The Morgan fingerprint density at radius 2 is 1.82 bits per heavy atom. The maximum absolute atomic E-state index is 14.1. The Morgan fingerprint density at radius 3 is 2.39 bits per heavy atom. The third-order valence-corrected chi connectivity index (χ3v) is 9.27. The van der Waals surface area contributed by atoms with E-state index in [0.717, 1.165) is 0 Å². The summed E-state index contributed by atoms with van der Waals surface area (Å²) in [6.07, 6.45) is -1.33. The van der Waals surface area contributed by atoms with Gasteiger partial charge in [0, 0.05) is 43.9 Å². The van der Waals surface area contributed by atoms with Crippen LogP contribution in [0.1, 0.15) is 23.1 Å². The average molecular weight is 611 g/mol. The highest BCUT2D eigenvalue weighted by atomic mass is 16.5. The van der Waals surface area contributed by atoms with Crippen LogP contribution in [0.5, 0.6) is 17.2 Å². The molecule has 0 saturated heterocycles. The highest BCUT2D eigenvalue weighted by Crippen LogP contribution is 2.54. The minimum absolute atomic E-state index is 0.0168. The number of phenols is 2. The molecule has 5 rings (SSSR count). The van der Waals surface area contributed by atoms with Crippen LogP contribution in [0.15, 0.2) is 29.8 Å². The molecule has 0 radical (unpaired) electrons. The number of primary amides is 1. The molecule has 0 heterocycles. The molecule has 13 nitrogen and oxygen atoms in total. The number of anilines is 2. The standard InChI is InChI=1S/C31H38N4O9/c1-34(2)18-11-17(33-12-13-6-7-20(44-5)19(36)8-13)25(37)22-15(18)9-14-10-16-24(35(3)4)27(39)23(30(32)42)29(41)31(16,43)28(40)21(14)26(22)38/h6-8,11,14,16,23-24,27,33,36-39,43H,9-10,12H2,1-5H3,(H2,32,42)/t14-,16-,23?,24-,27?,31-/m1/s1. The molecule has 2 aromatic carbocycles. The highest BCUT2D eigenvalue weighted by molar-refractivity contribution is 6.25. The summed E-state index contributed by atoms with van der Waals surface area (Å²) < 4.78 is 5.08. The van der Waals surface area contributed by atoms with Gasteiger partial charge in [0.1, 0.15) is 17.4 Å². The topological polar surface area (TPSA) is 206 Å². The Morgan fingerprint density at radius 1 is 1.14 bits per heavy atom. The Labute approximate surface area is 254 Å². The number of aromatic hydroxyl groups is 2. The van der Waals surface area contributed by atoms with Gasteiger partial charge in [-0.05, 0) is 62.2 Å². The van der Waals surface area contributed by atoms with Crippen molar-refractivity contribution < 1.29 is 44.7 Å². The van der Waals surface area contributed by atoms with E-state index in [0.29, 0.717) is 22.6 Å². The third-order valence-electron chi connectivity index (χ3n) is 9.27. The van der Waals surface area contributed by atoms with E-state index in [4.69, 9.17) is 10.5 Å². The van der Waals surface area contributed by atoms with E-state index in [2.05, 4.69) is 5.32 Å². The molecule has 8 N–H and O–H groups in total. The van der Waals surface area contributed by atoms with E-state index >= 15 is 0 Å². The molecule has 2 fully saturated rings. The van der Waals surface area contributed by atoms with Crippen molar-refractivity contribution >= 4 is 34.6 Å². The van der Waals surface area contributed by atoms with Crippen LogP contribution in [0.4, 0.5) is 11.4 Å². The molecular weight excluding hydrogens is 572 g/mol. The Kier molecular flexibility index (Phi) is 7.77. The number of Topliss-reactive ketones (excluding diaryl/α,β-unsaturated/α-hetero) is 2. The van der Waals surface area contributed by atoms with Gasteiger partial charge in [0.05, 0.1) is 24.5 Å². The number of hydrogen-bond acceptors (Lipinski definition) is 12. The molecule has 0 aliphatic heterocycles. The monoisotopic (exact) mass is 610 g/mol. The van der Waals surface area contributed by atoms with Crippen molar-refractivity contribution in [2.45, 2.75) is 37.1 Å². The van der Waals surface area contributed by atoms with Crippen LogP contribution in [0.2, 0.25) is 0 Å². The predicted octanol–water partition coefficient (Wildman–Crippen LogP) is 0.521. The first kappa shape index (κ1) is 31.1. The van der Waals surface area contributed by atoms with Crippen molar-refractivity contribution in [3.8, 4) is 17.2 Å². The molecular formula is C31H38N4O9. The number of hydrogen-bond donors (Lipinski definition) is 7. The lowest BCUT2D eigenvalue weighted by atomic mass is 9.54. The number of nitrogens with zero attached hydrogens (tertiary/aromatic N) is 2. The van der Waals surface area contributed by atoms with Crippen LogP contribution >= 0.6 is 0 Å². The van der Waals surface area contributed by atoms with Gasteiger partial charge in [0.2, 0.25) is 11.7 Å². The molecule has 236 valence electrons. The maximum Gasteiger partial charge on any atom is 0.230 e. The van der Waals surface area contributed by atoms with Crippen LogP contribution in [0.25, 0.3) is 5.76 Å². The Balaban J connectivity index is 1.61. The van der Waals surface area contributed by atoms with Crippen LogP contribution in [0, 0.1) is 17.8 Å². The summed E-state index contributed by atoms with van der Waals surface area (Å²) in [5, 5.41) is 59.2. The van der Waals surface area contributed by atoms with Gasteiger partial charge in [-0.15, -0.1) is 0 Å². The van der Waals surface area contributed by atoms with Crippen LogP contribution in [0.3, 0.4) is 0 Å². The number of carbonyl (C=O) groups is 3. The molecule has 2 unspecified atom stereocenters. The molecule has 0 aromatic heterocycles. The first-order valence-electron chi connectivity index (χ1n) is 14.2. The molecule has 0 spiro atoms. The number of amides is 1. The summed E-state index contributed by atoms with van der Waals surface area (Å²) in [6, 6.07) is 5.59. The first-order chi connectivity index (χ1) is 20.6. The lowest BCUT2D eigenvalue weighted by molar-refractivity contribution is -0.184.